The summed E-state index contributed by atoms with van der Waals surface area (Å²) in [5, 5.41) is 3.53. The van der Waals surface area contributed by atoms with Gasteiger partial charge in [-0.2, -0.15) is 0 Å². The van der Waals surface area contributed by atoms with Crippen LogP contribution in [0.4, 0.5) is 10.5 Å². The van der Waals surface area contributed by atoms with Crippen LogP contribution in [0.3, 0.4) is 0 Å². The minimum absolute atomic E-state index is 0.0115. The summed E-state index contributed by atoms with van der Waals surface area (Å²) in [6.07, 6.45) is 0.378. The third-order valence-corrected chi connectivity index (χ3v) is 6.86. The Balaban J connectivity index is 1.41. The molecule has 0 radical (unpaired) electrons. The molecule has 0 bridgehead atoms. The number of nitrogens with zero attached hydrogens (tertiary/aromatic N) is 2. The fourth-order valence-corrected chi connectivity index (χ4v) is 4.76. The molecule has 0 aromatic heterocycles. The summed E-state index contributed by atoms with van der Waals surface area (Å²) in [7, 11) is -3.31. The Labute approximate surface area is 171 Å². The number of carbonyl (C=O) groups excluding carboxylic acids is 1. The highest BCUT2D eigenvalue weighted by Gasteiger charge is 2.22. The van der Waals surface area contributed by atoms with Crippen molar-refractivity contribution in [2.45, 2.75) is 11.3 Å². The van der Waals surface area contributed by atoms with Crippen LogP contribution in [0, 0.1) is 0 Å². The van der Waals surface area contributed by atoms with Crippen LogP contribution in [-0.4, -0.2) is 57.8 Å². The number of anilines is 1. The summed E-state index contributed by atoms with van der Waals surface area (Å²) in [6.45, 7) is 2.94. The Hall–Kier alpha value is -2.25. The van der Waals surface area contributed by atoms with Crippen LogP contribution in [0.2, 0.25) is 5.02 Å². The lowest BCUT2D eigenvalue weighted by atomic mass is 10.2. The first-order chi connectivity index (χ1) is 13.5. The molecule has 1 aliphatic heterocycles. The highest BCUT2D eigenvalue weighted by atomic mass is 35.5. The largest absolute Gasteiger partial charge is 0.367 e. The average Bonchev–Trinajstić information content (AvgIpc) is 2.72. The second-order valence-electron chi connectivity index (χ2n) is 6.64. The molecule has 0 unspecified atom stereocenters. The van der Waals surface area contributed by atoms with Crippen LogP contribution in [0.5, 0.6) is 0 Å². The van der Waals surface area contributed by atoms with Gasteiger partial charge in [0.05, 0.1) is 21.4 Å². The van der Waals surface area contributed by atoms with E-state index in [0.717, 1.165) is 5.69 Å². The van der Waals surface area contributed by atoms with E-state index in [1.807, 2.05) is 24.3 Å². The van der Waals surface area contributed by atoms with Crippen molar-refractivity contribution < 1.29 is 13.2 Å². The number of carbonyl (C=O) groups is 1. The Kier molecular flexibility index (Phi) is 6.80. The fraction of sp³-hybridized carbons (Fsp3) is 0.350. The molecule has 0 aliphatic carbocycles. The number of sulfone groups is 1. The maximum atomic E-state index is 12.3. The molecule has 0 spiro atoms. The highest BCUT2D eigenvalue weighted by molar-refractivity contribution is 7.91. The zero-order valence-electron chi connectivity index (χ0n) is 15.6. The first-order valence-corrected chi connectivity index (χ1v) is 11.3. The minimum Gasteiger partial charge on any atom is -0.367 e. The summed E-state index contributed by atoms with van der Waals surface area (Å²) < 4.78 is 24.5. The summed E-state index contributed by atoms with van der Waals surface area (Å²) >= 11 is 6.24. The summed E-state index contributed by atoms with van der Waals surface area (Å²) in [4.78, 5) is 16.6. The quantitative estimate of drug-likeness (QED) is 0.728. The van der Waals surface area contributed by atoms with Crippen LogP contribution in [0.15, 0.2) is 59.5 Å². The normalized spacial score (nSPS) is 14.8. The van der Waals surface area contributed by atoms with Gasteiger partial charge >= 0.3 is 6.03 Å². The van der Waals surface area contributed by atoms with Gasteiger partial charge in [-0.15, -0.1) is 0 Å². The van der Waals surface area contributed by atoms with E-state index in [2.05, 4.69) is 10.2 Å². The maximum absolute atomic E-state index is 12.3. The van der Waals surface area contributed by atoms with Gasteiger partial charge < -0.3 is 15.1 Å². The van der Waals surface area contributed by atoms with Gasteiger partial charge in [0, 0.05) is 32.7 Å². The third kappa shape index (κ3) is 5.17. The van der Waals surface area contributed by atoms with Gasteiger partial charge in [0.1, 0.15) is 0 Å². The van der Waals surface area contributed by atoms with Crippen molar-refractivity contribution in [3.8, 4) is 0 Å². The van der Waals surface area contributed by atoms with Gasteiger partial charge in [-0.25, -0.2) is 13.2 Å². The van der Waals surface area contributed by atoms with Crippen molar-refractivity contribution in [2.24, 2.45) is 0 Å². The minimum atomic E-state index is -3.31. The number of piperazine rings is 1. The lowest BCUT2D eigenvalue weighted by Crippen LogP contribution is -2.52. The standard InChI is InChI=1S/C20H24ClN3O3S/c21-18-9-4-5-10-19(18)23-12-14-24(15-13-23)20(25)22-11-6-16-28(26,27)17-7-2-1-3-8-17/h1-5,7-10H,6,11-16H2,(H,22,25). The number of hydrogen-bond donors (Lipinski definition) is 1. The molecule has 1 aliphatic rings. The fourth-order valence-electron chi connectivity index (χ4n) is 3.17. The number of hydrogen-bond acceptors (Lipinski definition) is 4. The van der Waals surface area contributed by atoms with E-state index >= 15 is 0 Å². The second kappa shape index (κ2) is 9.30. The Morgan fingerprint density at radius 2 is 1.61 bits per heavy atom. The molecule has 2 amide bonds. The molecule has 150 valence electrons. The van der Waals surface area contributed by atoms with Gasteiger partial charge in [-0.3, -0.25) is 0 Å². The van der Waals surface area contributed by atoms with Crippen LogP contribution >= 0.6 is 11.6 Å². The van der Waals surface area contributed by atoms with Crippen molar-refractivity contribution >= 4 is 33.2 Å². The summed E-state index contributed by atoms with van der Waals surface area (Å²) in [6, 6.07) is 15.9. The van der Waals surface area contributed by atoms with Gasteiger partial charge in [-0.05, 0) is 30.7 Å². The monoisotopic (exact) mass is 421 g/mol. The number of halogens is 1. The average molecular weight is 422 g/mol. The SMILES string of the molecule is O=C(NCCCS(=O)(=O)c1ccccc1)N1CCN(c2ccccc2Cl)CC1. The molecule has 2 aromatic carbocycles. The molecular formula is C20H24ClN3O3S. The Bertz CT molecular complexity index is 898. The van der Waals surface area contributed by atoms with Crippen molar-refractivity contribution in [1.82, 2.24) is 10.2 Å². The van der Waals surface area contributed by atoms with Crippen molar-refractivity contribution in [2.75, 3.05) is 43.4 Å². The van der Waals surface area contributed by atoms with E-state index < -0.39 is 9.84 Å². The molecule has 1 saturated heterocycles. The molecular weight excluding hydrogens is 398 g/mol. The van der Waals surface area contributed by atoms with E-state index in [4.69, 9.17) is 11.6 Å². The lowest BCUT2D eigenvalue weighted by Gasteiger charge is -2.36. The molecule has 0 atom stereocenters. The maximum Gasteiger partial charge on any atom is 0.317 e. The molecule has 6 nitrogen and oxygen atoms in total. The van der Waals surface area contributed by atoms with Crippen LogP contribution in [0.1, 0.15) is 6.42 Å². The van der Waals surface area contributed by atoms with Crippen molar-refractivity contribution in [1.29, 1.82) is 0 Å². The van der Waals surface area contributed by atoms with Crippen LogP contribution < -0.4 is 10.2 Å². The molecule has 0 saturated carbocycles. The zero-order chi connectivity index (χ0) is 20.0. The van der Waals surface area contributed by atoms with E-state index in [1.54, 1.807) is 35.2 Å². The summed E-state index contributed by atoms with van der Waals surface area (Å²) in [5.41, 5.74) is 0.982. The van der Waals surface area contributed by atoms with Crippen molar-refractivity contribution in [3.05, 3.63) is 59.6 Å². The number of benzene rings is 2. The lowest BCUT2D eigenvalue weighted by molar-refractivity contribution is 0.194. The number of urea groups is 1. The number of amides is 2. The Morgan fingerprint density at radius 3 is 2.29 bits per heavy atom. The molecule has 8 heteroatoms. The molecule has 28 heavy (non-hydrogen) atoms. The molecule has 1 N–H and O–H groups in total. The molecule has 2 aromatic rings. The van der Waals surface area contributed by atoms with Crippen LogP contribution in [-0.2, 0) is 9.84 Å². The van der Waals surface area contributed by atoms with Crippen molar-refractivity contribution in [3.63, 3.8) is 0 Å². The second-order valence-corrected chi connectivity index (χ2v) is 9.16. The smallest absolute Gasteiger partial charge is 0.317 e. The van der Waals surface area contributed by atoms with E-state index in [1.165, 1.54) is 0 Å². The molecule has 1 fully saturated rings. The molecule has 3 rings (SSSR count). The van der Waals surface area contributed by atoms with Gasteiger partial charge in [0.15, 0.2) is 9.84 Å². The van der Waals surface area contributed by atoms with E-state index in [-0.39, 0.29) is 11.8 Å². The first-order valence-electron chi connectivity index (χ1n) is 9.27. The topological polar surface area (TPSA) is 69.7 Å². The Morgan fingerprint density at radius 1 is 0.964 bits per heavy atom. The third-order valence-electron chi connectivity index (χ3n) is 4.73. The number of rotatable bonds is 6. The number of nitrogens with one attached hydrogen (secondary N) is 1. The zero-order valence-corrected chi connectivity index (χ0v) is 17.1. The van der Waals surface area contributed by atoms with Gasteiger partial charge in [0.25, 0.3) is 0 Å². The number of para-hydroxylation sites is 1. The first kappa shape index (κ1) is 20.5. The summed E-state index contributed by atoms with van der Waals surface area (Å²) in [5.74, 6) is 0.0115. The predicted molar refractivity (Wildman–Crippen MR) is 112 cm³/mol. The predicted octanol–water partition coefficient (Wildman–Crippen LogP) is 3.04. The van der Waals surface area contributed by atoms with Gasteiger partial charge in [0.2, 0.25) is 0 Å². The van der Waals surface area contributed by atoms with E-state index in [0.29, 0.717) is 49.1 Å². The van der Waals surface area contributed by atoms with E-state index in [9.17, 15) is 13.2 Å². The van der Waals surface area contributed by atoms with Crippen LogP contribution in [0.25, 0.3) is 0 Å². The highest BCUT2D eigenvalue weighted by Crippen LogP contribution is 2.26. The molecule has 1 heterocycles. The van der Waals surface area contributed by atoms with Gasteiger partial charge in [-0.1, -0.05) is 41.9 Å².